The molecule has 0 atom stereocenters. The lowest BCUT2D eigenvalue weighted by Gasteiger charge is -2.34. The van der Waals surface area contributed by atoms with E-state index in [4.69, 9.17) is 4.74 Å². The van der Waals surface area contributed by atoms with E-state index in [0.717, 1.165) is 11.1 Å². The van der Waals surface area contributed by atoms with Gasteiger partial charge in [-0.3, -0.25) is 4.79 Å². The summed E-state index contributed by atoms with van der Waals surface area (Å²) in [6.07, 6.45) is 0.335. The maximum atomic E-state index is 13.0. The Morgan fingerprint density at radius 1 is 1.07 bits per heavy atom. The molecule has 7 nitrogen and oxygen atoms in total. The zero-order chi connectivity index (χ0) is 21.7. The number of nitrogens with zero attached hydrogens (tertiary/aromatic N) is 2. The van der Waals surface area contributed by atoms with Gasteiger partial charge in [0.05, 0.1) is 17.7 Å². The predicted molar refractivity (Wildman–Crippen MR) is 117 cm³/mol. The van der Waals surface area contributed by atoms with Crippen molar-refractivity contribution in [3.63, 3.8) is 0 Å². The zero-order valence-electron chi connectivity index (χ0n) is 17.7. The molecule has 1 amide bonds. The number of methoxy groups -OCH3 is 1. The Balaban J connectivity index is 1.51. The molecule has 30 heavy (non-hydrogen) atoms. The van der Waals surface area contributed by atoms with Crippen LogP contribution in [0.4, 0.5) is 5.69 Å². The highest BCUT2D eigenvalue weighted by Crippen LogP contribution is 2.24. The van der Waals surface area contributed by atoms with Crippen molar-refractivity contribution < 1.29 is 17.9 Å². The van der Waals surface area contributed by atoms with Crippen molar-refractivity contribution in [2.24, 2.45) is 0 Å². The minimum atomic E-state index is -3.50. The molecule has 2 aromatic carbocycles. The van der Waals surface area contributed by atoms with E-state index in [-0.39, 0.29) is 5.91 Å². The maximum absolute atomic E-state index is 13.0. The molecule has 0 aliphatic carbocycles. The smallest absolute Gasteiger partial charge is 0.243 e. The molecule has 1 fully saturated rings. The average Bonchev–Trinajstić information content (AvgIpc) is 2.72. The lowest BCUT2D eigenvalue weighted by molar-refractivity contribution is -0.116. The van der Waals surface area contributed by atoms with Crippen molar-refractivity contribution in [3.8, 4) is 5.75 Å². The highest BCUT2D eigenvalue weighted by molar-refractivity contribution is 7.89. The molecule has 0 unspecified atom stereocenters. The number of ether oxygens (including phenoxy) is 1. The first kappa shape index (κ1) is 22.3. The third kappa shape index (κ3) is 5.19. The number of anilines is 1. The summed E-state index contributed by atoms with van der Waals surface area (Å²) in [7, 11) is -1.93. The standard InChI is InChI=1S/C22H29N3O4S/c1-17-8-9-21(18(2)16-17)30(27,28)25-14-12-24(13-15-25)11-10-22(26)23-19-6-4-5-7-20(19)29-3/h4-9,16H,10-15H2,1-3H3,(H,23,26). The Morgan fingerprint density at radius 2 is 1.77 bits per heavy atom. The first-order valence-corrected chi connectivity index (χ1v) is 11.5. The van der Waals surface area contributed by atoms with Crippen LogP contribution < -0.4 is 10.1 Å². The number of amides is 1. The fourth-order valence-corrected chi connectivity index (χ4v) is 5.27. The number of sulfonamides is 1. The molecule has 0 saturated carbocycles. The van der Waals surface area contributed by atoms with Gasteiger partial charge in [0.15, 0.2) is 0 Å². The molecule has 0 radical (unpaired) electrons. The molecule has 1 saturated heterocycles. The molecule has 0 spiro atoms. The molecule has 0 aromatic heterocycles. The molecule has 1 aliphatic heterocycles. The quantitative estimate of drug-likeness (QED) is 0.729. The lowest BCUT2D eigenvalue weighted by Crippen LogP contribution is -2.49. The molecule has 1 N–H and O–H groups in total. The van der Waals surface area contributed by atoms with Crippen LogP contribution in [0.2, 0.25) is 0 Å². The van der Waals surface area contributed by atoms with Gasteiger partial charge in [-0.15, -0.1) is 0 Å². The molecule has 1 heterocycles. The van der Waals surface area contributed by atoms with Gasteiger partial charge in [-0.1, -0.05) is 29.8 Å². The fourth-order valence-electron chi connectivity index (χ4n) is 3.64. The summed E-state index contributed by atoms with van der Waals surface area (Å²) in [6, 6.07) is 12.7. The summed E-state index contributed by atoms with van der Waals surface area (Å²) in [5.41, 5.74) is 2.46. The molecular weight excluding hydrogens is 402 g/mol. The van der Waals surface area contributed by atoms with E-state index in [1.165, 1.54) is 4.31 Å². The number of para-hydroxylation sites is 2. The van der Waals surface area contributed by atoms with E-state index >= 15 is 0 Å². The lowest BCUT2D eigenvalue weighted by atomic mass is 10.2. The van der Waals surface area contributed by atoms with Crippen LogP contribution in [0.15, 0.2) is 47.4 Å². The summed E-state index contributed by atoms with van der Waals surface area (Å²) >= 11 is 0. The number of hydrogen-bond acceptors (Lipinski definition) is 5. The van der Waals surface area contributed by atoms with Crippen molar-refractivity contribution in [1.29, 1.82) is 0 Å². The van der Waals surface area contributed by atoms with Crippen molar-refractivity contribution in [3.05, 3.63) is 53.6 Å². The van der Waals surface area contributed by atoms with Gasteiger partial charge in [0.2, 0.25) is 15.9 Å². The van der Waals surface area contributed by atoms with Crippen LogP contribution in [0, 0.1) is 13.8 Å². The van der Waals surface area contributed by atoms with Crippen LogP contribution in [0.1, 0.15) is 17.5 Å². The van der Waals surface area contributed by atoms with Gasteiger partial charge in [-0.25, -0.2) is 8.42 Å². The van der Waals surface area contributed by atoms with Crippen LogP contribution in [0.3, 0.4) is 0 Å². The van der Waals surface area contributed by atoms with Gasteiger partial charge in [0.25, 0.3) is 0 Å². The van der Waals surface area contributed by atoms with Gasteiger partial charge in [-0.05, 0) is 37.6 Å². The monoisotopic (exact) mass is 431 g/mol. The Morgan fingerprint density at radius 3 is 2.43 bits per heavy atom. The Kier molecular flexibility index (Phi) is 7.12. The maximum Gasteiger partial charge on any atom is 0.243 e. The zero-order valence-corrected chi connectivity index (χ0v) is 18.5. The second-order valence-corrected chi connectivity index (χ2v) is 9.42. The Bertz CT molecular complexity index is 999. The molecular formula is C22H29N3O4S. The number of aryl methyl sites for hydroxylation is 2. The fraction of sp³-hybridized carbons (Fsp3) is 0.409. The number of benzene rings is 2. The Labute approximate surface area is 178 Å². The predicted octanol–water partition coefficient (Wildman–Crippen LogP) is 2.65. The van der Waals surface area contributed by atoms with Gasteiger partial charge in [0.1, 0.15) is 5.75 Å². The van der Waals surface area contributed by atoms with Crippen molar-refractivity contribution in [1.82, 2.24) is 9.21 Å². The second kappa shape index (κ2) is 9.59. The van der Waals surface area contributed by atoms with E-state index in [9.17, 15) is 13.2 Å². The average molecular weight is 432 g/mol. The van der Waals surface area contributed by atoms with Gasteiger partial charge < -0.3 is 15.0 Å². The molecule has 2 aromatic rings. The molecule has 8 heteroatoms. The van der Waals surface area contributed by atoms with E-state index in [1.54, 1.807) is 25.3 Å². The number of carbonyl (C=O) groups excluding carboxylic acids is 1. The summed E-state index contributed by atoms with van der Waals surface area (Å²) in [5.74, 6) is 0.529. The van der Waals surface area contributed by atoms with Crippen LogP contribution in [-0.4, -0.2) is 63.4 Å². The highest BCUT2D eigenvalue weighted by Gasteiger charge is 2.29. The van der Waals surface area contributed by atoms with Gasteiger partial charge in [-0.2, -0.15) is 4.31 Å². The van der Waals surface area contributed by atoms with Crippen LogP contribution >= 0.6 is 0 Å². The van der Waals surface area contributed by atoms with Crippen molar-refractivity contribution >= 4 is 21.6 Å². The van der Waals surface area contributed by atoms with Crippen LogP contribution in [0.25, 0.3) is 0 Å². The number of carbonyl (C=O) groups is 1. The van der Waals surface area contributed by atoms with E-state index in [1.807, 2.05) is 38.1 Å². The van der Waals surface area contributed by atoms with E-state index in [0.29, 0.717) is 55.5 Å². The molecule has 1 aliphatic rings. The normalized spacial score (nSPS) is 15.7. The van der Waals surface area contributed by atoms with Gasteiger partial charge in [0, 0.05) is 39.1 Å². The first-order valence-electron chi connectivity index (χ1n) is 10.0. The summed E-state index contributed by atoms with van der Waals surface area (Å²) in [5, 5.41) is 2.87. The summed E-state index contributed by atoms with van der Waals surface area (Å²) in [6.45, 7) is 6.41. The second-order valence-electron chi connectivity index (χ2n) is 7.51. The topological polar surface area (TPSA) is 79.0 Å². The minimum Gasteiger partial charge on any atom is -0.495 e. The molecule has 162 valence electrons. The number of nitrogens with one attached hydrogen (secondary N) is 1. The largest absolute Gasteiger partial charge is 0.495 e. The SMILES string of the molecule is COc1ccccc1NC(=O)CCN1CCN(S(=O)(=O)c2ccc(C)cc2C)CC1. The van der Waals surface area contributed by atoms with Crippen molar-refractivity contribution in [2.45, 2.75) is 25.2 Å². The summed E-state index contributed by atoms with van der Waals surface area (Å²) in [4.78, 5) is 14.8. The highest BCUT2D eigenvalue weighted by atomic mass is 32.2. The van der Waals surface area contributed by atoms with Crippen LogP contribution in [0.5, 0.6) is 5.75 Å². The number of piperazine rings is 1. The summed E-state index contributed by atoms with van der Waals surface area (Å²) < 4.78 is 32.8. The number of rotatable bonds is 7. The molecule has 3 rings (SSSR count). The number of hydrogen-bond donors (Lipinski definition) is 1. The van der Waals surface area contributed by atoms with E-state index in [2.05, 4.69) is 10.2 Å². The Hall–Kier alpha value is -2.42. The third-order valence-corrected chi connectivity index (χ3v) is 7.37. The third-order valence-electron chi connectivity index (χ3n) is 5.32. The minimum absolute atomic E-state index is 0.0927. The first-order chi connectivity index (χ1) is 14.3. The van der Waals surface area contributed by atoms with Gasteiger partial charge >= 0.3 is 0 Å². The van der Waals surface area contributed by atoms with E-state index < -0.39 is 10.0 Å². The van der Waals surface area contributed by atoms with Crippen LogP contribution in [-0.2, 0) is 14.8 Å². The molecule has 0 bridgehead atoms. The van der Waals surface area contributed by atoms with Crippen molar-refractivity contribution in [2.75, 3.05) is 45.2 Å².